The molecule has 2 fully saturated rings. The van der Waals surface area contributed by atoms with Crippen LogP contribution in [-0.2, 0) is 4.79 Å². The summed E-state index contributed by atoms with van der Waals surface area (Å²) in [5.74, 6) is -1.68. The second kappa shape index (κ2) is 14.9. The van der Waals surface area contributed by atoms with Crippen LogP contribution in [0.4, 0.5) is 36.8 Å². The van der Waals surface area contributed by atoms with E-state index in [1.807, 2.05) is 7.05 Å². The molecule has 3 atom stereocenters. The lowest BCUT2D eigenvalue weighted by Crippen LogP contribution is -2.51. The first-order chi connectivity index (χ1) is 21.2. The van der Waals surface area contributed by atoms with Gasteiger partial charge in [0.2, 0.25) is 5.91 Å². The van der Waals surface area contributed by atoms with Crippen LogP contribution >= 0.6 is 0 Å². The van der Waals surface area contributed by atoms with Crippen LogP contribution in [0.15, 0.2) is 48.5 Å². The number of ether oxygens (including phenoxy) is 3. The molecule has 45 heavy (non-hydrogen) atoms. The minimum atomic E-state index is -4.89. The van der Waals surface area contributed by atoms with E-state index in [4.69, 9.17) is 4.74 Å². The predicted molar refractivity (Wildman–Crippen MR) is 151 cm³/mol. The molecule has 1 heterocycles. The fourth-order valence-corrected chi connectivity index (χ4v) is 5.25. The number of nitrogens with one attached hydrogen (secondary N) is 3. The molecule has 1 aliphatic carbocycles. The van der Waals surface area contributed by atoms with E-state index in [-0.39, 0.29) is 23.8 Å². The molecule has 2 aromatic carbocycles. The van der Waals surface area contributed by atoms with Crippen molar-refractivity contribution in [1.29, 1.82) is 0 Å². The molecule has 0 spiro atoms. The van der Waals surface area contributed by atoms with Crippen molar-refractivity contribution in [3.8, 4) is 17.2 Å². The van der Waals surface area contributed by atoms with E-state index in [1.165, 1.54) is 24.3 Å². The van der Waals surface area contributed by atoms with Gasteiger partial charge in [0.15, 0.2) is 0 Å². The van der Waals surface area contributed by atoms with Gasteiger partial charge < -0.3 is 35.1 Å². The van der Waals surface area contributed by atoms with Gasteiger partial charge in [-0.3, -0.25) is 9.69 Å². The van der Waals surface area contributed by atoms with Crippen molar-refractivity contribution in [1.82, 2.24) is 20.4 Å². The first-order valence-electron chi connectivity index (χ1n) is 14.4. The standard InChI is InChI=1S/C29H35F6N5O5/c1-39-13-15-40(16-14-39)12-11-36-26(41)24-18-20(38-27(42)37-19-3-2-4-23(17-19)45-29(33,34)35)5-10-25(24)43-21-6-8-22(9-7-21)44-28(30,31)32/h2-4,6-9,17,20,24-25H,5,10-16,18H2,1H3,(H,36,41)(H2,37,38,42). The van der Waals surface area contributed by atoms with Gasteiger partial charge in [-0.1, -0.05) is 6.07 Å². The van der Waals surface area contributed by atoms with E-state index < -0.39 is 48.3 Å². The van der Waals surface area contributed by atoms with E-state index in [0.717, 1.165) is 50.4 Å². The van der Waals surface area contributed by atoms with Crippen molar-refractivity contribution in [3.63, 3.8) is 0 Å². The lowest BCUT2D eigenvalue weighted by Gasteiger charge is -2.36. The summed E-state index contributed by atoms with van der Waals surface area (Å²) in [5.41, 5.74) is 0.0717. The van der Waals surface area contributed by atoms with Gasteiger partial charge in [-0.25, -0.2) is 4.79 Å². The average molecular weight is 648 g/mol. The zero-order valence-electron chi connectivity index (χ0n) is 24.4. The van der Waals surface area contributed by atoms with Crippen molar-refractivity contribution in [2.75, 3.05) is 51.6 Å². The third kappa shape index (κ3) is 11.5. The molecule has 1 saturated carbocycles. The Kier molecular flexibility index (Phi) is 11.3. The highest BCUT2D eigenvalue weighted by Crippen LogP contribution is 2.31. The number of hydrogen-bond donors (Lipinski definition) is 3. The number of amides is 3. The highest BCUT2D eigenvalue weighted by molar-refractivity contribution is 5.89. The molecule has 0 aromatic heterocycles. The van der Waals surface area contributed by atoms with Crippen molar-refractivity contribution >= 4 is 17.6 Å². The average Bonchev–Trinajstić information content (AvgIpc) is 2.94. The number of alkyl halides is 6. The van der Waals surface area contributed by atoms with Crippen molar-refractivity contribution in [3.05, 3.63) is 48.5 Å². The maximum Gasteiger partial charge on any atom is 0.573 e. The van der Waals surface area contributed by atoms with E-state index >= 15 is 0 Å². The van der Waals surface area contributed by atoms with Crippen molar-refractivity contribution in [2.24, 2.45) is 5.92 Å². The number of nitrogens with zero attached hydrogens (tertiary/aromatic N) is 2. The second-order valence-electron chi connectivity index (χ2n) is 10.9. The number of anilines is 1. The van der Waals surface area contributed by atoms with Crippen LogP contribution in [0.5, 0.6) is 17.2 Å². The fraction of sp³-hybridized carbons (Fsp3) is 0.517. The maximum atomic E-state index is 13.4. The summed E-state index contributed by atoms with van der Waals surface area (Å²) in [6.45, 7) is 4.65. The number of benzene rings is 2. The van der Waals surface area contributed by atoms with Gasteiger partial charge in [0, 0.05) is 57.1 Å². The first kappa shape index (κ1) is 34.0. The summed E-state index contributed by atoms with van der Waals surface area (Å²) in [5, 5.41) is 8.18. The summed E-state index contributed by atoms with van der Waals surface area (Å²) in [4.78, 5) is 30.5. The Balaban J connectivity index is 1.37. The number of piperazine rings is 1. The van der Waals surface area contributed by atoms with Gasteiger partial charge in [0.25, 0.3) is 0 Å². The summed E-state index contributed by atoms with van der Waals surface area (Å²) >= 11 is 0. The molecule has 0 radical (unpaired) electrons. The molecule has 1 saturated heterocycles. The van der Waals surface area contributed by atoms with E-state index in [0.29, 0.717) is 25.9 Å². The zero-order chi connectivity index (χ0) is 32.6. The smallest absolute Gasteiger partial charge is 0.490 e. The zero-order valence-corrected chi connectivity index (χ0v) is 24.4. The highest BCUT2D eigenvalue weighted by Gasteiger charge is 2.38. The van der Waals surface area contributed by atoms with Gasteiger partial charge in [-0.15, -0.1) is 26.3 Å². The molecule has 248 valence electrons. The SMILES string of the molecule is CN1CCN(CCNC(=O)C2CC(NC(=O)Nc3cccc(OC(F)(F)F)c3)CCC2Oc2ccc(OC(F)(F)F)cc2)CC1. The topological polar surface area (TPSA) is 104 Å². The minimum Gasteiger partial charge on any atom is -0.490 e. The van der Waals surface area contributed by atoms with Gasteiger partial charge in [-0.05, 0) is 62.7 Å². The Morgan fingerprint density at radius 3 is 2.18 bits per heavy atom. The largest absolute Gasteiger partial charge is 0.573 e. The van der Waals surface area contributed by atoms with E-state index in [9.17, 15) is 35.9 Å². The highest BCUT2D eigenvalue weighted by atomic mass is 19.4. The number of likely N-dealkylation sites (N-methyl/N-ethyl adjacent to an activating group) is 1. The van der Waals surface area contributed by atoms with Gasteiger partial charge in [0.1, 0.15) is 23.4 Å². The van der Waals surface area contributed by atoms with Crippen LogP contribution in [0.3, 0.4) is 0 Å². The lowest BCUT2D eigenvalue weighted by atomic mass is 9.82. The van der Waals surface area contributed by atoms with Crippen LogP contribution in [0.1, 0.15) is 19.3 Å². The Morgan fingerprint density at radius 1 is 0.867 bits per heavy atom. The van der Waals surface area contributed by atoms with E-state index in [1.54, 1.807) is 0 Å². The number of hydrogen-bond acceptors (Lipinski definition) is 7. The van der Waals surface area contributed by atoms with E-state index in [2.05, 4.69) is 35.2 Å². The number of rotatable bonds is 10. The van der Waals surface area contributed by atoms with Crippen molar-refractivity contribution < 1.29 is 50.1 Å². The van der Waals surface area contributed by atoms with Gasteiger partial charge >= 0.3 is 18.8 Å². The van der Waals surface area contributed by atoms with Crippen LogP contribution in [0.25, 0.3) is 0 Å². The Labute approximate surface area is 256 Å². The van der Waals surface area contributed by atoms with Crippen LogP contribution < -0.4 is 30.2 Å². The number of carbonyl (C=O) groups is 2. The number of halogens is 6. The first-order valence-corrected chi connectivity index (χ1v) is 14.4. The Bertz CT molecular complexity index is 1270. The van der Waals surface area contributed by atoms with Crippen LogP contribution in [-0.4, -0.2) is 92.9 Å². The molecule has 10 nitrogen and oxygen atoms in total. The lowest BCUT2D eigenvalue weighted by molar-refractivity contribution is -0.275. The molecular formula is C29H35F6N5O5. The molecule has 4 rings (SSSR count). The third-order valence-electron chi connectivity index (χ3n) is 7.45. The summed E-state index contributed by atoms with van der Waals surface area (Å²) < 4.78 is 89.1. The summed E-state index contributed by atoms with van der Waals surface area (Å²) in [6.07, 6.45) is -9.45. The number of urea groups is 1. The second-order valence-corrected chi connectivity index (χ2v) is 10.9. The Hall–Kier alpha value is -3.92. The molecule has 1 aliphatic heterocycles. The van der Waals surface area contributed by atoms with Crippen LogP contribution in [0.2, 0.25) is 0 Å². The van der Waals surface area contributed by atoms with Crippen molar-refractivity contribution in [2.45, 2.75) is 44.1 Å². The van der Waals surface area contributed by atoms with Crippen LogP contribution in [0, 0.1) is 5.92 Å². The molecule has 2 aromatic rings. The number of carbonyl (C=O) groups excluding carboxylic acids is 2. The van der Waals surface area contributed by atoms with Gasteiger partial charge in [-0.2, -0.15) is 0 Å². The predicted octanol–water partition coefficient (Wildman–Crippen LogP) is 4.59. The minimum absolute atomic E-state index is 0.0717. The molecule has 3 unspecified atom stereocenters. The molecule has 0 bridgehead atoms. The third-order valence-corrected chi connectivity index (χ3v) is 7.45. The Morgan fingerprint density at radius 2 is 1.51 bits per heavy atom. The summed E-state index contributed by atoms with van der Waals surface area (Å²) in [7, 11) is 2.05. The normalized spacial score (nSPS) is 21.4. The monoisotopic (exact) mass is 647 g/mol. The molecule has 16 heteroatoms. The quantitative estimate of drug-likeness (QED) is 0.325. The molecule has 3 amide bonds. The molecular weight excluding hydrogens is 612 g/mol. The molecule has 3 N–H and O–H groups in total. The van der Waals surface area contributed by atoms with Gasteiger partial charge in [0.05, 0.1) is 5.92 Å². The fourth-order valence-electron chi connectivity index (χ4n) is 5.25. The molecule has 2 aliphatic rings. The summed E-state index contributed by atoms with van der Waals surface area (Å²) in [6, 6.07) is 8.52. The maximum absolute atomic E-state index is 13.4.